The minimum absolute atomic E-state index is 0.644. The molecule has 0 fully saturated rings. The Labute approximate surface area is 153 Å². The lowest BCUT2D eigenvalue weighted by molar-refractivity contribution is 0.212. The van der Waals surface area contributed by atoms with Gasteiger partial charge in [0.1, 0.15) is 17.2 Å². The maximum atomic E-state index is 6.18. The molecule has 2 aliphatic rings. The van der Waals surface area contributed by atoms with Gasteiger partial charge in [0.05, 0.1) is 14.2 Å². The van der Waals surface area contributed by atoms with E-state index in [9.17, 15) is 0 Å². The number of halogens is 1. The number of allylic oxidation sites excluding steroid dienone is 4. The van der Waals surface area contributed by atoms with Crippen molar-refractivity contribution in [3.05, 3.63) is 69.7 Å². The van der Waals surface area contributed by atoms with Crippen LogP contribution in [-0.4, -0.2) is 25.6 Å². The lowest BCUT2D eigenvalue weighted by Gasteiger charge is -2.18. The van der Waals surface area contributed by atoms with Crippen molar-refractivity contribution in [1.29, 1.82) is 0 Å². The number of methoxy groups -OCH3 is 2. The lowest BCUT2D eigenvalue weighted by Crippen LogP contribution is -2.10. The first-order valence-electron chi connectivity index (χ1n) is 8.19. The van der Waals surface area contributed by atoms with Crippen LogP contribution in [0.15, 0.2) is 69.3 Å². The number of rotatable bonds is 3. The van der Waals surface area contributed by atoms with Gasteiger partial charge in [-0.05, 0) is 24.6 Å². The van der Waals surface area contributed by atoms with Gasteiger partial charge in [0, 0.05) is 41.1 Å². The van der Waals surface area contributed by atoms with E-state index in [2.05, 4.69) is 22.4 Å². The van der Waals surface area contributed by atoms with Gasteiger partial charge < -0.3 is 9.47 Å². The summed E-state index contributed by atoms with van der Waals surface area (Å²) in [7, 11) is 3.35. The molecule has 5 heteroatoms. The highest BCUT2D eigenvalue weighted by molar-refractivity contribution is 6.31. The van der Waals surface area contributed by atoms with E-state index in [0.29, 0.717) is 17.9 Å². The summed E-state index contributed by atoms with van der Waals surface area (Å²) in [5.41, 5.74) is 5.04. The molecule has 0 aromatic heterocycles. The molecule has 1 aliphatic carbocycles. The zero-order valence-corrected chi connectivity index (χ0v) is 15.4. The first kappa shape index (κ1) is 17.5. The number of benzene rings is 1. The Bertz CT molecular complexity index is 832. The van der Waals surface area contributed by atoms with Gasteiger partial charge in [0.2, 0.25) is 0 Å². The predicted octanol–water partition coefficient (Wildman–Crippen LogP) is 5.06. The topological polar surface area (TPSA) is 43.2 Å². The zero-order valence-electron chi connectivity index (χ0n) is 14.7. The van der Waals surface area contributed by atoms with Crippen molar-refractivity contribution >= 4 is 23.0 Å². The molecule has 0 saturated carbocycles. The summed E-state index contributed by atoms with van der Waals surface area (Å²) in [6, 6.07) is 7.71. The second-order valence-corrected chi connectivity index (χ2v) is 6.42. The van der Waals surface area contributed by atoms with Crippen molar-refractivity contribution in [2.24, 2.45) is 10.2 Å². The van der Waals surface area contributed by atoms with Crippen LogP contribution in [0.3, 0.4) is 0 Å². The van der Waals surface area contributed by atoms with Crippen LogP contribution in [0.1, 0.15) is 31.7 Å². The summed E-state index contributed by atoms with van der Waals surface area (Å²) < 4.78 is 11.0. The van der Waals surface area contributed by atoms with Crippen LogP contribution < -0.4 is 0 Å². The third-order valence-electron chi connectivity index (χ3n) is 4.30. The van der Waals surface area contributed by atoms with E-state index in [1.54, 1.807) is 14.2 Å². The first-order chi connectivity index (χ1) is 12.1. The van der Waals surface area contributed by atoms with Crippen molar-refractivity contribution in [1.82, 2.24) is 0 Å². The summed E-state index contributed by atoms with van der Waals surface area (Å²) in [5, 5.41) is 9.57. The molecule has 25 heavy (non-hydrogen) atoms. The van der Waals surface area contributed by atoms with Crippen LogP contribution in [-0.2, 0) is 9.47 Å². The van der Waals surface area contributed by atoms with Crippen LogP contribution in [0.4, 0.5) is 0 Å². The van der Waals surface area contributed by atoms with E-state index < -0.39 is 0 Å². The number of ether oxygens (including phenoxy) is 2. The number of nitrogens with zero attached hydrogens (tertiary/aromatic N) is 2. The van der Waals surface area contributed by atoms with E-state index in [-0.39, 0.29) is 0 Å². The van der Waals surface area contributed by atoms with Crippen molar-refractivity contribution in [3.63, 3.8) is 0 Å². The van der Waals surface area contributed by atoms with Gasteiger partial charge in [-0.2, -0.15) is 5.10 Å². The Morgan fingerprint density at radius 2 is 1.72 bits per heavy atom. The summed E-state index contributed by atoms with van der Waals surface area (Å²) in [5.74, 6) is 1.68. The molecule has 0 bridgehead atoms. The Balaban J connectivity index is 2.11. The Morgan fingerprint density at radius 1 is 1.00 bits per heavy atom. The summed E-state index contributed by atoms with van der Waals surface area (Å²) in [6.45, 7) is 2.00. The molecule has 1 heterocycles. The molecule has 1 aromatic carbocycles. The molecule has 130 valence electrons. The molecular formula is C20H21ClN2O2. The van der Waals surface area contributed by atoms with E-state index in [1.807, 2.05) is 31.2 Å². The molecule has 0 N–H and O–H groups in total. The van der Waals surface area contributed by atoms with Crippen LogP contribution in [0.25, 0.3) is 0 Å². The van der Waals surface area contributed by atoms with Crippen LogP contribution in [0.2, 0.25) is 5.02 Å². The molecule has 3 rings (SSSR count). The smallest absolute Gasteiger partial charge is 0.137 e. The molecule has 1 aliphatic heterocycles. The van der Waals surface area contributed by atoms with E-state index >= 15 is 0 Å². The average Bonchev–Trinajstić information content (AvgIpc) is 2.74. The SMILES string of the molecule is CO/C1=C(\OC)C/C=C2/CC(C)=NN=C(c3cccc(Cl)c3)C2=CC1. The zero-order chi connectivity index (χ0) is 17.8. The van der Waals surface area contributed by atoms with Gasteiger partial charge in [-0.15, -0.1) is 5.10 Å². The fourth-order valence-corrected chi connectivity index (χ4v) is 3.23. The summed E-state index contributed by atoms with van der Waals surface area (Å²) in [6.07, 6.45) is 6.40. The fourth-order valence-electron chi connectivity index (χ4n) is 3.04. The number of hydrogen-bond acceptors (Lipinski definition) is 4. The van der Waals surface area contributed by atoms with Crippen molar-refractivity contribution in [3.8, 4) is 0 Å². The molecular weight excluding hydrogens is 336 g/mol. The molecule has 0 unspecified atom stereocenters. The maximum absolute atomic E-state index is 6.18. The van der Waals surface area contributed by atoms with Gasteiger partial charge in [-0.25, -0.2) is 0 Å². The van der Waals surface area contributed by atoms with Crippen molar-refractivity contribution < 1.29 is 9.47 Å². The molecule has 4 nitrogen and oxygen atoms in total. The minimum Gasteiger partial charge on any atom is -0.497 e. The third-order valence-corrected chi connectivity index (χ3v) is 4.53. The molecule has 0 atom stereocenters. The van der Waals surface area contributed by atoms with E-state index in [0.717, 1.165) is 40.5 Å². The average molecular weight is 357 g/mol. The normalized spacial score (nSPS) is 22.9. The van der Waals surface area contributed by atoms with Crippen molar-refractivity contribution in [2.75, 3.05) is 14.2 Å². The Morgan fingerprint density at radius 3 is 2.40 bits per heavy atom. The predicted molar refractivity (Wildman–Crippen MR) is 102 cm³/mol. The van der Waals surface area contributed by atoms with Gasteiger partial charge in [0.25, 0.3) is 0 Å². The summed E-state index contributed by atoms with van der Waals surface area (Å²) in [4.78, 5) is 0. The molecule has 1 aromatic rings. The summed E-state index contributed by atoms with van der Waals surface area (Å²) >= 11 is 6.18. The molecule has 0 saturated heterocycles. The van der Waals surface area contributed by atoms with Gasteiger partial charge in [-0.3, -0.25) is 0 Å². The highest BCUT2D eigenvalue weighted by atomic mass is 35.5. The molecule has 0 radical (unpaired) electrons. The van der Waals surface area contributed by atoms with Gasteiger partial charge >= 0.3 is 0 Å². The van der Waals surface area contributed by atoms with Crippen LogP contribution in [0.5, 0.6) is 0 Å². The third kappa shape index (κ3) is 3.85. The minimum atomic E-state index is 0.644. The maximum Gasteiger partial charge on any atom is 0.137 e. The van der Waals surface area contributed by atoms with Gasteiger partial charge in [0.15, 0.2) is 0 Å². The second kappa shape index (κ2) is 7.70. The van der Waals surface area contributed by atoms with Crippen LogP contribution >= 0.6 is 11.6 Å². The monoisotopic (exact) mass is 356 g/mol. The molecule has 0 amide bonds. The Kier molecular flexibility index (Phi) is 5.39. The van der Waals surface area contributed by atoms with E-state index in [4.69, 9.17) is 21.1 Å². The van der Waals surface area contributed by atoms with E-state index in [1.165, 1.54) is 5.57 Å². The molecule has 0 spiro atoms. The van der Waals surface area contributed by atoms with Crippen LogP contribution in [0, 0.1) is 0 Å². The highest BCUT2D eigenvalue weighted by Crippen LogP contribution is 2.30. The number of fused-ring (bicyclic) bond motifs is 1. The lowest BCUT2D eigenvalue weighted by atomic mass is 9.90. The fraction of sp³-hybridized carbons (Fsp3) is 0.300. The Hall–Kier alpha value is -2.33. The quantitative estimate of drug-likeness (QED) is 0.759. The highest BCUT2D eigenvalue weighted by Gasteiger charge is 2.21. The largest absolute Gasteiger partial charge is 0.497 e. The number of hydrogen-bond donors (Lipinski definition) is 0. The standard InChI is InChI=1S/C20H21ClN2O2/c1-13-11-14-7-9-18(24-2)19(25-3)10-8-17(14)20(23-22-13)15-5-4-6-16(21)12-15/h4-8,12H,9-11H2,1-3H3/b14-7-,17-8?,19-18-. The first-order valence-corrected chi connectivity index (χ1v) is 8.57. The van der Waals surface area contributed by atoms with Gasteiger partial charge in [-0.1, -0.05) is 35.9 Å². The van der Waals surface area contributed by atoms with Crippen molar-refractivity contribution in [2.45, 2.75) is 26.2 Å². The second-order valence-electron chi connectivity index (χ2n) is 5.98.